The highest BCUT2D eigenvalue weighted by Crippen LogP contribution is 2.29. The first-order valence-electron chi connectivity index (χ1n) is 6.42. The number of nitrogens with one attached hydrogen (secondary N) is 1. The molecule has 5 nitrogen and oxygen atoms in total. The van der Waals surface area contributed by atoms with Gasteiger partial charge in [0, 0.05) is 5.56 Å². The minimum atomic E-state index is -0.435. The molecular formula is C15H11FN4OS. The van der Waals surface area contributed by atoms with Gasteiger partial charge >= 0.3 is 5.69 Å². The summed E-state index contributed by atoms with van der Waals surface area (Å²) in [7, 11) is 0. The predicted molar refractivity (Wildman–Crippen MR) is 83.3 cm³/mol. The Labute approximate surface area is 129 Å². The average molecular weight is 314 g/mol. The van der Waals surface area contributed by atoms with Crippen LogP contribution in [0.1, 0.15) is 5.69 Å². The quantitative estimate of drug-likeness (QED) is 0.595. The summed E-state index contributed by atoms with van der Waals surface area (Å²) in [5.74, 6) is 2.45. The zero-order valence-corrected chi connectivity index (χ0v) is 12.4. The Morgan fingerprint density at radius 1 is 1.45 bits per heavy atom. The van der Waals surface area contributed by atoms with E-state index < -0.39 is 5.69 Å². The van der Waals surface area contributed by atoms with Gasteiger partial charge in [-0.1, -0.05) is 35.9 Å². The topological polar surface area (TPSA) is 63.1 Å². The lowest BCUT2D eigenvalue weighted by Gasteiger charge is -2.03. The fourth-order valence-corrected chi connectivity index (χ4v) is 2.72. The minimum Gasteiger partial charge on any atom is -0.285 e. The molecule has 0 radical (unpaired) electrons. The van der Waals surface area contributed by atoms with Gasteiger partial charge in [0.15, 0.2) is 10.8 Å². The smallest absolute Gasteiger partial charge is 0.285 e. The molecule has 0 atom stereocenters. The first-order valence-corrected chi connectivity index (χ1v) is 7.41. The highest BCUT2D eigenvalue weighted by Gasteiger charge is 2.18. The van der Waals surface area contributed by atoms with Crippen molar-refractivity contribution in [1.82, 2.24) is 19.6 Å². The molecule has 0 bridgehead atoms. The van der Waals surface area contributed by atoms with Crippen LogP contribution in [0, 0.1) is 25.1 Å². The van der Waals surface area contributed by atoms with Crippen molar-refractivity contribution in [3.63, 3.8) is 0 Å². The van der Waals surface area contributed by atoms with Crippen molar-refractivity contribution in [2.24, 2.45) is 0 Å². The Morgan fingerprint density at radius 3 is 2.95 bits per heavy atom. The molecule has 110 valence electrons. The molecule has 0 saturated carbocycles. The molecule has 7 heteroatoms. The fraction of sp³-hybridized carbons (Fsp3) is 0.133. The van der Waals surface area contributed by atoms with Crippen molar-refractivity contribution >= 4 is 17.4 Å². The van der Waals surface area contributed by atoms with Gasteiger partial charge in [0.2, 0.25) is 0 Å². The number of hydrogen-bond donors (Lipinski definition) is 1. The summed E-state index contributed by atoms with van der Waals surface area (Å²) in [5.41, 5.74) is 1.27. The summed E-state index contributed by atoms with van der Waals surface area (Å²) in [6.07, 6.45) is 5.21. The van der Waals surface area contributed by atoms with Crippen LogP contribution in [-0.4, -0.2) is 25.3 Å². The second-order valence-corrected chi connectivity index (χ2v) is 5.48. The van der Waals surface area contributed by atoms with E-state index in [4.69, 9.17) is 6.42 Å². The molecule has 0 fully saturated rings. The molecule has 1 aromatic carbocycles. The number of thioether (sulfide) groups is 1. The summed E-state index contributed by atoms with van der Waals surface area (Å²) in [4.78, 5) is 19.0. The molecule has 0 aliphatic carbocycles. The number of aromatic nitrogens is 4. The zero-order chi connectivity index (χ0) is 15.7. The SMILES string of the molecule is C#CCSc1nc2c(-c3ccccc3F)c(C)nn2c(=O)[nH]1. The van der Waals surface area contributed by atoms with E-state index >= 15 is 0 Å². The number of H-pyrrole nitrogens is 1. The predicted octanol–water partition coefficient (Wildman–Crippen LogP) is 2.26. The number of fused-ring (bicyclic) bond motifs is 1. The van der Waals surface area contributed by atoms with Crippen LogP contribution in [0.5, 0.6) is 0 Å². The molecule has 3 aromatic rings. The first-order chi connectivity index (χ1) is 10.6. The standard InChI is InChI=1S/C15H11FN4OS/c1-3-8-22-14-17-13-12(10-6-4-5-7-11(10)16)9(2)19-20(13)15(21)18-14/h1,4-7H,8H2,2H3,(H,17,18,21). The summed E-state index contributed by atoms with van der Waals surface area (Å²) >= 11 is 1.23. The van der Waals surface area contributed by atoms with Crippen LogP contribution in [0.25, 0.3) is 16.8 Å². The van der Waals surface area contributed by atoms with Gasteiger partial charge in [-0.25, -0.2) is 14.2 Å². The molecule has 0 spiro atoms. The zero-order valence-electron chi connectivity index (χ0n) is 11.6. The Bertz CT molecular complexity index is 954. The van der Waals surface area contributed by atoms with E-state index in [0.29, 0.717) is 33.4 Å². The van der Waals surface area contributed by atoms with E-state index in [1.807, 2.05) is 0 Å². The van der Waals surface area contributed by atoms with Crippen molar-refractivity contribution in [2.45, 2.75) is 12.1 Å². The molecule has 2 heterocycles. The van der Waals surface area contributed by atoms with Crippen LogP contribution in [0.15, 0.2) is 34.2 Å². The third kappa shape index (κ3) is 2.38. The van der Waals surface area contributed by atoms with Crippen LogP contribution >= 0.6 is 11.8 Å². The number of rotatable bonds is 3. The lowest BCUT2D eigenvalue weighted by atomic mass is 10.1. The number of aryl methyl sites for hydroxylation is 1. The van der Waals surface area contributed by atoms with Gasteiger partial charge in [-0.3, -0.25) is 4.98 Å². The van der Waals surface area contributed by atoms with Crippen molar-refractivity contribution in [3.8, 4) is 23.5 Å². The molecule has 1 N–H and O–H groups in total. The average Bonchev–Trinajstić information content (AvgIpc) is 2.83. The van der Waals surface area contributed by atoms with Gasteiger partial charge < -0.3 is 0 Å². The maximum atomic E-state index is 14.1. The van der Waals surface area contributed by atoms with E-state index in [2.05, 4.69) is 21.0 Å². The molecule has 22 heavy (non-hydrogen) atoms. The number of hydrogen-bond acceptors (Lipinski definition) is 4. The van der Waals surface area contributed by atoms with Crippen LogP contribution in [0.3, 0.4) is 0 Å². The van der Waals surface area contributed by atoms with E-state index in [1.165, 1.54) is 17.8 Å². The van der Waals surface area contributed by atoms with E-state index in [9.17, 15) is 9.18 Å². The molecule has 0 amide bonds. The molecule has 3 rings (SSSR count). The van der Waals surface area contributed by atoms with Crippen LogP contribution < -0.4 is 5.69 Å². The lowest BCUT2D eigenvalue weighted by Crippen LogP contribution is -2.19. The van der Waals surface area contributed by atoms with Crippen LogP contribution in [-0.2, 0) is 0 Å². The first kappa shape index (κ1) is 14.4. The Hall–Kier alpha value is -2.59. The van der Waals surface area contributed by atoms with E-state index in [-0.39, 0.29) is 5.82 Å². The van der Waals surface area contributed by atoms with Crippen molar-refractivity contribution in [3.05, 3.63) is 46.3 Å². The number of benzene rings is 1. The van der Waals surface area contributed by atoms with Crippen molar-refractivity contribution in [1.29, 1.82) is 0 Å². The maximum Gasteiger partial charge on any atom is 0.350 e. The monoisotopic (exact) mass is 314 g/mol. The summed E-state index contributed by atoms with van der Waals surface area (Å²) in [6, 6.07) is 6.33. The Morgan fingerprint density at radius 2 is 2.23 bits per heavy atom. The van der Waals surface area contributed by atoms with Crippen molar-refractivity contribution in [2.75, 3.05) is 5.75 Å². The van der Waals surface area contributed by atoms with Gasteiger partial charge in [-0.2, -0.15) is 9.61 Å². The number of aromatic amines is 1. The molecular weight excluding hydrogens is 303 g/mol. The number of halogens is 1. The van der Waals surface area contributed by atoms with E-state index in [1.54, 1.807) is 25.1 Å². The van der Waals surface area contributed by atoms with Gasteiger partial charge in [0.25, 0.3) is 0 Å². The highest BCUT2D eigenvalue weighted by atomic mass is 32.2. The van der Waals surface area contributed by atoms with Gasteiger partial charge in [-0.05, 0) is 13.0 Å². The van der Waals surface area contributed by atoms with Gasteiger partial charge in [0.1, 0.15) is 5.82 Å². The number of nitrogens with zero attached hydrogens (tertiary/aromatic N) is 3. The molecule has 0 aliphatic rings. The third-order valence-corrected chi connectivity index (χ3v) is 3.86. The minimum absolute atomic E-state index is 0.311. The Balaban J connectivity index is 2.29. The van der Waals surface area contributed by atoms with Crippen LogP contribution in [0.2, 0.25) is 0 Å². The molecule has 0 aliphatic heterocycles. The third-order valence-electron chi connectivity index (χ3n) is 3.09. The van der Waals surface area contributed by atoms with Gasteiger partial charge in [0.05, 0.1) is 17.0 Å². The summed E-state index contributed by atoms with van der Waals surface area (Å²) in [6.45, 7) is 1.71. The summed E-state index contributed by atoms with van der Waals surface area (Å²) in [5, 5.41) is 4.53. The van der Waals surface area contributed by atoms with E-state index in [0.717, 1.165) is 4.52 Å². The number of terminal acetylenes is 1. The molecule has 0 unspecified atom stereocenters. The largest absolute Gasteiger partial charge is 0.350 e. The van der Waals surface area contributed by atoms with Gasteiger partial charge in [-0.15, -0.1) is 6.42 Å². The highest BCUT2D eigenvalue weighted by molar-refractivity contribution is 7.99. The maximum absolute atomic E-state index is 14.1. The normalized spacial score (nSPS) is 10.8. The second-order valence-electron chi connectivity index (χ2n) is 4.52. The molecule has 0 saturated heterocycles. The summed E-state index contributed by atoms with van der Waals surface area (Å²) < 4.78 is 15.2. The van der Waals surface area contributed by atoms with Crippen LogP contribution in [0.4, 0.5) is 4.39 Å². The Kier molecular flexibility index (Phi) is 3.69. The second kappa shape index (κ2) is 5.66. The van der Waals surface area contributed by atoms with Crippen molar-refractivity contribution < 1.29 is 4.39 Å². The molecule has 2 aromatic heterocycles. The fourth-order valence-electron chi connectivity index (χ4n) is 2.19. The lowest BCUT2D eigenvalue weighted by molar-refractivity contribution is 0.631.